The second-order valence-corrected chi connectivity index (χ2v) is 7.45. The molecule has 0 aliphatic carbocycles. The fourth-order valence-corrected chi connectivity index (χ4v) is 2.56. The maximum absolute atomic E-state index is 11.8. The number of hydrogen-bond donors (Lipinski definition) is 2. The topological polar surface area (TPSA) is 58.2 Å². The number of thioether (sulfide) groups is 1. The van der Waals surface area contributed by atoms with Gasteiger partial charge in [-0.2, -0.15) is 13.2 Å². The third kappa shape index (κ3) is 9.01. The van der Waals surface area contributed by atoms with Crippen LogP contribution < -0.4 is 10.0 Å². The lowest BCUT2D eigenvalue weighted by molar-refractivity contribution is -0.0327. The lowest BCUT2D eigenvalue weighted by Gasteiger charge is -2.16. The van der Waals surface area contributed by atoms with Gasteiger partial charge in [-0.15, -0.1) is 0 Å². The van der Waals surface area contributed by atoms with Gasteiger partial charge < -0.3 is 5.32 Å². The van der Waals surface area contributed by atoms with E-state index in [-0.39, 0.29) is 36.6 Å². The first kappa shape index (κ1) is 18.0. The minimum absolute atomic E-state index is 0.156. The van der Waals surface area contributed by atoms with Gasteiger partial charge in [-0.1, -0.05) is 13.8 Å². The molecule has 0 heterocycles. The Morgan fingerprint density at radius 3 is 2.22 bits per heavy atom. The molecule has 1 unspecified atom stereocenters. The Labute approximate surface area is 110 Å². The molecule has 2 N–H and O–H groups in total. The van der Waals surface area contributed by atoms with Crippen LogP contribution in [0.15, 0.2) is 0 Å². The summed E-state index contributed by atoms with van der Waals surface area (Å²) in [5.41, 5.74) is -4.32. The Morgan fingerprint density at radius 2 is 1.78 bits per heavy atom. The minimum Gasteiger partial charge on any atom is -0.313 e. The van der Waals surface area contributed by atoms with Gasteiger partial charge in [-0.05, 0) is 18.7 Å². The maximum Gasteiger partial charge on any atom is 0.441 e. The first-order valence-corrected chi connectivity index (χ1v) is 8.00. The molecule has 0 radical (unpaired) electrons. The molecule has 0 amide bonds. The molecule has 0 aromatic carbocycles. The van der Waals surface area contributed by atoms with Gasteiger partial charge in [0.15, 0.2) is 0 Å². The summed E-state index contributed by atoms with van der Waals surface area (Å²) in [6, 6.07) is 0.156. The van der Waals surface area contributed by atoms with Crippen LogP contribution in [-0.2, 0) is 10.0 Å². The lowest BCUT2D eigenvalue weighted by atomic mass is 10.3. The zero-order valence-corrected chi connectivity index (χ0v) is 12.2. The van der Waals surface area contributed by atoms with Crippen LogP contribution in [-0.4, -0.2) is 44.1 Å². The zero-order chi connectivity index (χ0) is 14.4. The van der Waals surface area contributed by atoms with Gasteiger partial charge in [0.25, 0.3) is 0 Å². The smallest absolute Gasteiger partial charge is 0.313 e. The molecule has 0 fully saturated rings. The van der Waals surface area contributed by atoms with Gasteiger partial charge in [0.2, 0.25) is 10.0 Å². The monoisotopic (exact) mass is 308 g/mol. The molecule has 18 heavy (non-hydrogen) atoms. The predicted molar refractivity (Wildman–Crippen MR) is 68.0 cm³/mol. The molecular weight excluding hydrogens is 289 g/mol. The summed E-state index contributed by atoms with van der Waals surface area (Å²) in [5.74, 6) is -0.326. The second-order valence-electron chi connectivity index (χ2n) is 4.11. The molecule has 4 nitrogen and oxygen atoms in total. The summed E-state index contributed by atoms with van der Waals surface area (Å²) in [7, 11) is -3.57. The van der Waals surface area contributed by atoms with Crippen molar-refractivity contribution < 1.29 is 21.6 Å². The highest BCUT2D eigenvalue weighted by atomic mass is 32.2. The summed E-state index contributed by atoms with van der Waals surface area (Å²) in [4.78, 5) is 0. The van der Waals surface area contributed by atoms with Gasteiger partial charge in [0, 0.05) is 24.9 Å². The lowest BCUT2D eigenvalue weighted by Crippen LogP contribution is -2.41. The third-order valence-electron chi connectivity index (χ3n) is 2.01. The maximum atomic E-state index is 11.8. The average molecular weight is 308 g/mol. The van der Waals surface area contributed by atoms with Crippen LogP contribution in [0.5, 0.6) is 0 Å². The van der Waals surface area contributed by atoms with E-state index in [0.717, 1.165) is 0 Å². The Morgan fingerprint density at radius 1 is 1.22 bits per heavy atom. The van der Waals surface area contributed by atoms with E-state index in [1.807, 2.05) is 13.8 Å². The SMILES string of the molecule is CC(C)NCC(C)S(=O)(=O)NCCSC(F)(F)F. The average Bonchev–Trinajstić information content (AvgIpc) is 2.19. The number of rotatable bonds is 8. The van der Waals surface area contributed by atoms with Crippen LogP contribution >= 0.6 is 11.8 Å². The molecule has 0 aromatic heterocycles. The van der Waals surface area contributed by atoms with Crippen LogP contribution in [0.4, 0.5) is 13.2 Å². The normalized spacial score (nSPS) is 15.1. The van der Waals surface area contributed by atoms with Crippen LogP contribution in [0.1, 0.15) is 20.8 Å². The minimum atomic E-state index is -4.32. The van der Waals surface area contributed by atoms with Crippen LogP contribution in [0.2, 0.25) is 0 Å². The Bertz CT molecular complexity index is 331. The van der Waals surface area contributed by atoms with E-state index in [9.17, 15) is 21.6 Å². The molecule has 0 bridgehead atoms. The molecule has 0 rings (SSSR count). The van der Waals surface area contributed by atoms with E-state index < -0.39 is 20.8 Å². The number of nitrogens with one attached hydrogen (secondary N) is 2. The molecule has 9 heteroatoms. The van der Waals surface area contributed by atoms with E-state index >= 15 is 0 Å². The number of halogens is 3. The number of alkyl halides is 3. The molecule has 0 aliphatic rings. The Hall–Kier alpha value is 0.01000. The standard InChI is InChI=1S/C9H19F3N2O2S2/c1-7(2)13-6-8(3)18(15,16)14-4-5-17-9(10,11)12/h7-8,13-14H,4-6H2,1-3H3. The van der Waals surface area contributed by atoms with Gasteiger partial charge >= 0.3 is 5.51 Å². The van der Waals surface area contributed by atoms with E-state index in [0.29, 0.717) is 0 Å². The van der Waals surface area contributed by atoms with Crippen LogP contribution in [0.3, 0.4) is 0 Å². The molecule has 110 valence electrons. The third-order valence-corrected chi connectivity index (χ3v) is 4.58. The fraction of sp³-hybridized carbons (Fsp3) is 1.00. The largest absolute Gasteiger partial charge is 0.441 e. The highest BCUT2D eigenvalue weighted by Gasteiger charge is 2.28. The van der Waals surface area contributed by atoms with Crippen molar-refractivity contribution in [1.82, 2.24) is 10.0 Å². The van der Waals surface area contributed by atoms with Crippen molar-refractivity contribution in [3.8, 4) is 0 Å². The first-order chi connectivity index (χ1) is 8.04. The van der Waals surface area contributed by atoms with E-state index in [2.05, 4.69) is 10.0 Å². The summed E-state index contributed by atoms with van der Waals surface area (Å²) >= 11 is -0.238. The predicted octanol–water partition coefficient (Wildman–Crippen LogP) is 1.55. The molecule has 0 aromatic rings. The number of hydrogen-bond acceptors (Lipinski definition) is 4. The van der Waals surface area contributed by atoms with E-state index in [1.54, 1.807) is 0 Å². The van der Waals surface area contributed by atoms with Crippen molar-refractivity contribution in [3.05, 3.63) is 0 Å². The summed E-state index contributed by atoms with van der Waals surface area (Å²) in [6.07, 6.45) is 0. The molecule has 0 saturated carbocycles. The molecule has 1 atom stereocenters. The molecule has 0 spiro atoms. The fourth-order valence-electron chi connectivity index (χ4n) is 1.00. The molecular formula is C9H19F3N2O2S2. The van der Waals surface area contributed by atoms with Gasteiger partial charge in [0.1, 0.15) is 0 Å². The van der Waals surface area contributed by atoms with Crippen molar-refractivity contribution in [2.75, 3.05) is 18.8 Å². The quantitative estimate of drug-likeness (QED) is 0.668. The molecule has 0 aliphatic heterocycles. The van der Waals surface area contributed by atoms with Gasteiger partial charge in [-0.25, -0.2) is 13.1 Å². The second kappa shape index (κ2) is 7.56. The summed E-state index contributed by atoms with van der Waals surface area (Å²) in [6.45, 7) is 5.31. The highest BCUT2D eigenvalue weighted by Crippen LogP contribution is 2.29. The van der Waals surface area contributed by atoms with Crippen molar-refractivity contribution in [3.63, 3.8) is 0 Å². The van der Waals surface area contributed by atoms with Gasteiger partial charge in [-0.3, -0.25) is 0 Å². The zero-order valence-electron chi connectivity index (χ0n) is 10.5. The Balaban J connectivity index is 4.00. The van der Waals surface area contributed by atoms with Crippen molar-refractivity contribution in [2.45, 2.75) is 37.6 Å². The van der Waals surface area contributed by atoms with Crippen molar-refractivity contribution in [2.24, 2.45) is 0 Å². The van der Waals surface area contributed by atoms with E-state index in [4.69, 9.17) is 0 Å². The Kier molecular flexibility index (Phi) is 7.57. The summed E-state index contributed by atoms with van der Waals surface area (Å²) < 4.78 is 60.9. The van der Waals surface area contributed by atoms with Gasteiger partial charge in [0.05, 0.1) is 5.25 Å². The summed E-state index contributed by atoms with van der Waals surface area (Å²) in [5, 5.41) is 2.28. The van der Waals surface area contributed by atoms with Crippen LogP contribution in [0.25, 0.3) is 0 Å². The number of sulfonamides is 1. The first-order valence-electron chi connectivity index (χ1n) is 5.47. The van der Waals surface area contributed by atoms with Crippen molar-refractivity contribution >= 4 is 21.8 Å². The van der Waals surface area contributed by atoms with Crippen molar-refractivity contribution in [1.29, 1.82) is 0 Å². The molecule has 0 saturated heterocycles. The van der Waals surface area contributed by atoms with Crippen LogP contribution in [0, 0.1) is 0 Å². The van der Waals surface area contributed by atoms with E-state index in [1.165, 1.54) is 6.92 Å². The highest BCUT2D eigenvalue weighted by molar-refractivity contribution is 8.00.